The molecule has 10 heteroatoms. The third-order valence-electron chi connectivity index (χ3n) is 6.19. The molecule has 2 aliphatic rings. The number of nitrogens with zero attached hydrogens (tertiary/aromatic N) is 4. The first-order valence-electron chi connectivity index (χ1n) is 11.3. The Labute approximate surface area is 201 Å². The minimum Gasteiger partial charge on any atom is -0.378 e. The zero-order chi connectivity index (χ0) is 23.8. The maximum absolute atomic E-state index is 14.4. The van der Waals surface area contributed by atoms with Crippen molar-refractivity contribution in [2.24, 2.45) is 0 Å². The summed E-state index contributed by atoms with van der Waals surface area (Å²) in [5.74, 6) is -1.14. The van der Waals surface area contributed by atoms with Gasteiger partial charge in [0.25, 0.3) is 5.91 Å². The molecule has 2 N–H and O–H groups in total. The summed E-state index contributed by atoms with van der Waals surface area (Å²) in [5, 5.41) is 10.5. The number of alkyl halides is 1. The van der Waals surface area contributed by atoms with Crippen LogP contribution in [0, 0.1) is 5.82 Å². The fourth-order valence-electron chi connectivity index (χ4n) is 4.09. The zero-order valence-electron chi connectivity index (χ0n) is 18.6. The number of anilines is 1. The molecule has 3 heterocycles. The lowest BCUT2D eigenvalue weighted by atomic mass is 10.0. The van der Waals surface area contributed by atoms with Crippen LogP contribution < -0.4 is 10.6 Å². The molecule has 7 nitrogen and oxygen atoms in total. The van der Waals surface area contributed by atoms with E-state index in [2.05, 4.69) is 20.7 Å². The number of benzene rings is 1. The van der Waals surface area contributed by atoms with E-state index >= 15 is 0 Å². The topological polar surface area (TPSA) is 75.1 Å². The lowest BCUT2D eigenvalue weighted by Gasteiger charge is -2.33. The molecular weight excluding hydrogens is 462 g/mol. The monoisotopic (exact) mass is 486 g/mol. The number of pyridine rings is 1. The van der Waals surface area contributed by atoms with Gasteiger partial charge in [0, 0.05) is 48.8 Å². The molecule has 178 valence electrons. The van der Waals surface area contributed by atoms with Gasteiger partial charge in [0.2, 0.25) is 0 Å². The Morgan fingerprint density at radius 3 is 2.74 bits per heavy atom. The van der Waals surface area contributed by atoms with Crippen molar-refractivity contribution in [1.29, 1.82) is 0 Å². The number of amides is 1. The second kappa shape index (κ2) is 9.31. The summed E-state index contributed by atoms with van der Waals surface area (Å²) in [5.41, 5.74) is 2.57. The van der Waals surface area contributed by atoms with E-state index in [0.29, 0.717) is 18.7 Å². The Hall–Kier alpha value is -3.04. The van der Waals surface area contributed by atoms with Gasteiger partial charge in [-0.1, -0.05) is 11.6 Å². The maximum Gasteiger partial charge on any atom is 0.254 e. The molecule has 2 fully saturated rings. The lowest BCUT2D eigenvalue weighted by Crippen LogP contribution is -2.46. The molecule has 1 aliphatic carbocycles. The van der Waals surface area contributed by atoms with E-state index in [0.717, 1.165) is 42.3 Å². The highest BCUT2D eigenvalue weighted by molar-refractivity contribution is 6.32. The van der Waals surface area contributed by atoms with Gasteiger partial charge in [-0.25, -0.2) is 13.5 Å². The Morgan fingerprint density at radius 1 is 1.15 bits per heavy atom. The van der Waals surface area contributed by atoms with Crippen molar-refractivity contribution < 1.29 is 13.6 Å². The summed E-state index contributed by atoms with van der Waals surface area (Å²) >= 11 is 6.28. The first-order valence-corrected chi connectivity index (χ1v) is 11.6. The average molecular weight is 487 g/mol. The molecule has 1 aliphatic heterocycles. The molecule has 0 radical (unpaired) electrons. The number of rotatable bonds is 6. The number of aromatic nitrogens is 3. The van der Waals surface area contributed by atoms with Crippen LogP contribution in [-0.4, -0.2) is 64.0 Å². The van der Waals surface area contributed by atoms with E-state index in [4.69, 9.17) is 11.6 Å². The summed E-state index contributed by atoms with van der Waals surface area (Å²) in [6.45, 7) is 1.23. The van der Waals surface area contributed by atoms with E-state index in [1.54, 1.807) is 24.8 Å². The van der Waals surface area contributed by atoms with Crippen LogP contribution in [0.3, 0.4) is 0 Å². The summed E-state index contributed by atoms with van der Waals surface area (Å²) < 4.78 is 30.3. The number of piperidine rings is 1. The molecule has 3 aromatic rings. The van der Waals surface area contributed by atoms with Crippen molar-refractivity contribution in [1.82, 2.24) is 25.0 Å². The molecule has 1 amide bonds. The quantitative estimate of drug-likeness (QED) is 0.549. The van der Waals surface area contributed by atoms with Gasteiger partial charge in [0.1, 0.15) is 12.0 Å². The van der Waals surface area contributed by atoms with Crippen LogP contribution >= 0.6 is 11.6 Å². The van der Waals surface area contributed by atoms with Crippen LogP contribution in [0.1, 0.15) is 29.6 Å². The van der Waals surface area contributed by atoms with E-state index in [1.165, 1.54) is 10.7 Å². The third-order valence-corrected chi connectivity index (χ3v) is 6.49. The van der Waals surface area contributed by atoms with Crippen LogP contribution in [0.5, 0.6) is 0 Å². The highest BCUT2D eigenvalue weighted by atomic mass is 35.5. The number of likely N-dealkylation sites (tertiary alicyclic amines) is 1. The standard InChI is InChI=1S/C24H25ClF2N6O/c1-32-5-4-22(21(27)13-32)30-17-6-14(9-28-11-17)15-10-29-33(12-15)23-7-18(20(26)8-19(23)25)24(34)31-16-2-3-16/h6-12,16,21-22,30H,2-5,13H2,1H3,(H,31,34)/t21-,22+/m1/s1. The highest BCUT2D eigenvalue weighted by Crippen LogP contribution is 2.28. The Morgan fingerprint density at radius 2 is 1.97 bits per heavy atom. The molecule has 34 heavy (non-hydrogen) atoms. The van der Waals surface area contributed by atoms with Crippen molar-refractivity contribution in [3.63, 3.8) is 0 Å². The van der Waals surface area contributed by atoms with Crippen LogP contribution in [0.4, 0.5) is 14.5 Å². The molecule has 1 aromatic carbocycles. The fraction of sp³-hybridized carbons (Fsp3) is 0.375. The molecule has 2 aromatic heterocycles. The predicted octanol–water partition coefficient (Wildman–Crippen LogP) is 4.07. The zero-order valence-corrected chi connectivity index (χ0v) is 19.4. The summed E-state index contributed by atoms with van der Waals surface area (Å²) in [4.78, 5) is 18.7. The normalized spacial score (nSPS) is 20.8. The van der Waals surface area contributed by atoms with Crippen LogP contribution in [-0.2, 0) is 0 Å². The Balaban J connectivity index is 1.37. The Bertz CT molecular complexity index is 1210. The molecular formula is C24H25ClF2N6O. The third kappa shape index (κ3) is 4.90. The van der Waals surface area contributed by atoms with E-state index in [-0.39, 0.29) is 22.7 Å². The number of nitrogens with one attached hydrogen (secondary N) is 2. The van der Waals surface area contributed by atoms with Crippen molar-refractivity contribution in [3.05, 3.63) is 59.4 Å². The van der Waals surface area contributed by atoms with Gasteiger partial charge < -0.3 is 15.5 Å². The van der Waals surface area contributed by atoms with Gasteiger partial charge in [-0.2, -0.15) is 5.10 Å². The average Bonchev–Trinajstić information content (AvgIpc) is 3.48. The first kappa shape index (κ1) is 22.7. The summed E-state index contributed by atoms with van der Waals surface area (Å²) in [6.07, 6.45) is 8.28. The van der Waals surface area contributed by atoms with E-state index < -0.39 is 17.9 Å². The minimum atomic E-state index is -0.961. The Kier molecular flexibility index (Phi) is 6.22. The largest absolute Gasteiger partial charge is 0.378 e. The van der Waals surface area contributed by atoms with Crippen molar-refractivity contribution in [3.8, 4) is 16.8 Å². The van der Waals surface area contributed by atoms with Crippen molar-refractivity contribution >= 4 is 23.2 Å². The van der Waals surface area contributed by atoms with Crippen molar-refractivity contribution in [2.45, 2.75) is 37.5 Å². The van der Waals surface area contributed by atoms with Crippen LogP contribution in [0.25, 0.3) is 16.8 Å². The number of hydrogen-bond donors (Lipinski definition) is 2. The molecule has 5 rings (SSSR count). The molecule has 1 saturated carbocycles. The molecule has 1 saturated heterocycles. The first-order chi connectivity index (χ1) is 16.4. The molecule has 0 spiro atoms. The van der Waals surface area contributed by atoms with Crippen molar-refractivity contribution in [2.75, 3.05) is 25.5 Å². The summed E-state index contributed by atoms with van der Waals surface area (Å²) in [6, 6.07) is 4.26. The molecule has 2 atom stereocenters. The second-order valence-corrected chi connectivity index (χ2v) is 9.39. The summed E-state index contributed by atoms with van der Waals surface area (Å²) in [7, 11) is 1.92. The van der Waals surface area contributed by atoms with Gasteiger partial charge in [-0.05, 0) is 44.5 Å². The van der Waals surface area contributed by atoms with Crippen LogP contribution in [0.2, 0.25) is 5.02 Å². The number of hydrogen-bond acceptors (Lipinski definition) is 5. The fourth-order valence-corrected chi connectivity index (χ4v) is 4.33. The number of carbonyl (C=O) groups excluding carboxylic acids is 1. The lowest BCUT2D eigenvalue weighted by molar-refractivity contribution is 0.0947. The smallest absolute Gasteiger partial charge is 0.254 e. The number of carbonyl (C=O) groups is 1. The van der Waals surface area contributed by atoms with E-state index in [1.807, 2.05) is 18.0 Å². The molecule has 0 bridgehead atoms. The maximum atomic E-state index is 14.4. The second-order valence-electron chi connectivity index (χ2n) is 8.98. The van der Waals surface area contributed by atoms with Crippen LogP contribution in [0.15, 0.2) is 43.0 Å². The SMILES string of the molecule is CN1CC[C@H](Nc2cncc(-c3cnn(-c4cc(C(=O)NC5CC5)c(F)cc4Cl)c3)c2)[C@H](F)C1. The van der Waals surface area contributed by atoms with Gasteiger partial charge in [-0.3, -0.25) is 9.78 Å². The predicted molar refractivity (Wildman–Crippen MR) is 127 cm³/mol. The van der Waals surface area contributed by atoms with Gasteiger partial charge in [0.05, 0.1) is 34.2 Å². The number of halogens is 3. The molecule has 0 unspecified atom stereocenters. The van der Waals surface area contributed by atoms with Gasteiger partial charge in [-0.15, -0.1) is 0 Å². The van der Waals surface area contributed by atoms with Gasteiger partial charge in [0.15, 0.2) is 0 Å². The highest BCUT2D eigenvalue weighted by Gasteiger charge is 2.28. The minimum absolute atomic E-state index is 0.0740. The van der Waals surface area contributed by atoms with Gasteiger partial charge >= 0.3 is 0 Å². The van der Waals surface area contributed by atoms with E-state index in [9.17, 15) is 13.6 Å².